The number of nitrogens with zero attached hydrogens (tertiary/aromatic N) is 1. The molecule has 2 aliphatic rings. The van der Waals surface area contributed by atoms with Crippen molar-refractivity contribution in [3.8, 4) is 0 Å². The second-order valence-electron chi connectivity index (χ2n) is 4.23. The van der Waals surface area contributed by atoms with Crippen molar-refractivity contribution in [1.29, 1.82) is 0 Å². The molecule has 6 heteroatoms. The fraction of sp³-hybridized carbons (Fsp3) is 0.800. The van der Waals surface area contributed by atoms with Gasteiger partial charge in [-0.05, 0) is 25.9 Å². The summed E-state index contributed by atoms with van der Waals surface area (Å²) in [4.78, 5) is 24.3. The first-order chi connectivity index (χ1) is 7.68. The molecule has 2 heterocycles. The Morgan fingerprint density at radius 1 is 1.38 bits per heavy atom. The number of likely N-dealkylation sites (tertiary alicyclic amines) is 1. The third kappa shape index (κ3) is 2.27. The SMILES string of the molecule is NC(=O)OC1CCN(C2CCNCC2)C1=O. The molecule has 2 amide bonds. The maximum atomic E-state index is 11.9. The second kappa shape index (κ2) is 4.69. The molecular formula is C10H17N3O3. The van der Waals surface area contributed by atoms with Crippen molar-refractivity contribution in [3.05, 3.63) is 0 Å². The van der Waals surface area contributed by atoms with Crippen LogP contribution in [-0.2, 0) is 9.53 Å². The first-order valence-corrected chi connectivity index (χ1v) is 5.66. The number of carbonyl (C=O) groups excluding carboxylic acids is 2. The van der Waals surface area contributed by atoms with E-state index >= 15 is 0 Å². The predicted molar refractivity (Wildman–Crippen MR) is 56.7 cm³/mol. The van der Waals surface area contributed by atoms with Crippen molar-refractivity contribution >= 4 is 12.0 Å². The zero-order valence-electron chi connectivity index (χ0n) is 9.15. The van der Waals surface area contributed by atoms with Crippen LogP contribution in [0.15, 0.2) is 0 Å². The molecule has 90 valence electrons. The van der Waals surface area contributed by atoms with E-state index in [4.69, 9.17) is 10.5 Å². The highest BCUT2D eigenvalue weighted by Gasteiger charge is 2.38. The van der Waals surface area contributed by atoms with E-state index in [1.165, 1.54) is 0 Å². The Kier molecular flexibility index (Phi) is 3.28. The smallest absolute Gasteiger partial charge is 0.405 e. The van der Waals surface area contributed by atoms with Crippen LogP contribution >= 0.6 is 0 Å². The third-order valence-electron chi connectivity index (χ3n) is 3.20. The summed E-state index contributed by atoms with van der Waals surface area (Å²) in [6.45, 7) is 2.55. The maximum Gasteiger partial charge on any atom is 0.405 e. The first kappa shape index (κ1) is 11.2. The van der Waals surface area contributed by atoms with Crippen molar-refractivity contribution in [2.45, 2.75) is 31.4 Å². The molecule has 1 unspecified atom stereocenters. The molecule has 3 N–H and O–H groups in total. The standard InChI is InChI=1S/C10H17N3O3/c11-10(15)16-8-3-6-13(9(8)14)7-1-4-12-5-2-7/h7-8,12H,1-6H2,(H2,11,15). The van der Waals surface area contributed by atoms with E-state index in [1.807, 2.05) is 4.90 Å². The normalized spacial score (nSPS) is 27.1. The van der Waals surface area contributed by atoms with Gasteiger partial charge in [-0.3, -0.25) is 4.79 Å². The van der Waals surface area contributed by atoms with Gasteiger partial charge in [-0.1, -0.05) is 0 Å². The monoisotopic (exact) mass is 227 g/mol. The lowest BCUT2D eigenvalue weighted by Gasteiger charge is -2.31. The van der Waals surface area contributed by atoms with E-state index in [1.54, 1.807) is 0 Å². The number of piperidine rings is 1. The van der Waals surface area contributed by atoms with Gasteiger partial charge in [0, 0.05) is 19.0 Å². The Hall–Kier alpha value is -1.30. The largest absolute Gasteiger partial charge is 0.436 e. The minimum atomic E-state index is -0.870. The van der Waals surface area contributed by atoms with Crippen LogP contribution in [0.5, 0.6) is 0 Å². The highest BCUT2D eigenvalue weighted by atomic mass is 16.6. The molecule has 0 aromatic heterocycles. The van der Waals surface area contributed by atoms with Crippen molar-refractivity contribution in [1.82, 2.24) is 10.2 Å². The van der Waals surface area contributed by atoms with Gasteiger partial charge in [0.15, 0.2) is 6.10 Å². The number of carbonyl (C=O) groups is 2. The van der Waals surface area contributed by atoms with Gasteiger partial charge in [0.25, 0.3) is 5.91 Å². The summed E-state index contributed by atoms with van der Waals surface area (Å²) in [7, 11) is 0. The molecule has 2 aliphatic heterocycles. The van der Waals surface area contributed by atoms with Crippen LogP contribution in [0, 0.1) is 0 Å². The number of ether oxygens (including phenoxy) is 1. The Morgan fingerprint density at radius 3 is 2.69 bits per heavy atom. The molecule has 6 nitrogen and oxygen atoms in total. The van der Waals surface area contributed by atoms with Crippen molar-refractivity contribution in [3.63, 3.8) is 0 Å². The number of nitrogens with two attached hydrogens (primary N) is 1. The molecule has 1 atom stereocenters. The number of rotatable bonds is 2. The average Bonchev–Trinajstić information content (AvgIpc) is 2.61. The van der Waals surface area contributed by atoms with Crippen LogP contribution in [0.4, 0.5) is 4.79 Å². The zero-order chi connectivity index (χ0) is 11.5. The van der Waals surface area contributed by atoms with Crippen LogP contribution in [-0.4, -0.2) is 48.7 Å². The van der Waals surface area contributed by atoms with E-state index in [0.717, 1.165) is 25.9 Å². The van der Waals surface area contributed by atoms with E-state index in [2.05, 4.69) is 5.32 Å². The summed E-state index contributed by atoms with van der Waals surface area (Å²) in [6, 6.07) is 0.287. The molecule has 0 aliphatic carbocycles. The average molecular weight is 227 g/mol. The Labute approximate surface area is 94.1 Å². The minimum Gasteiger partial charge on any atom is -0.436 e. The Bertz CT molecular complexity index is 289. The fourth-order valence-electron chi connectivity index (χ4n) is 2.41. The molecule has 0 bridgehead atoms. The number of hydrogen-bond donors (Lipinski definition) is 2. The van der Waals surface area contributed by atoms with Gasteiger partial charge < -0.3 is 20.7 Å². The molecule has 0 saturated carbocycles. The second-order valence-corrected chi connectivity index (χ2v) is 4.23. The van der Waals surface area contributed by atoms with E-state index in [9.17, 15) is 9.59 Å². The number of hydrogen-bond acceptors (Lipinski definition) is 4. The molecule has 0 aromatic rings. The summed E-state index contributed by atoms with van der Waals surface area (Å²) in [5.74, 6) is -0.0919. The predicted octanol–water partition coefficient (Wildman–Crippen LogP) is -0.565. The summed E-state index contributed by atoms with van der Waals surface area (Å²) in [6.07, 6.45) is 0.966. The summed E-state index contributed by atoms with van der Waals surface area (Å²) < 4.78 is 4.78. The van der Waals surface area contributed by atoms with Crippen LogP contribution in [0.1, 0.15) is 19.3 Å². The van der Waals surface area contributed by atoms with Crippen LogP contribution in [0.25, 0.3) is 0 Å². The fourth-order valence-corrected chi connectivity index (χ4v) is 2.41. The van der Waals surface area contributed by atoms with Gasteiger partial charge in [0.05, 0.1) is 0 Å². The molecule has 2 rings (SSSR count). The zero-order valence-corrected chi connectivity index (χ0v) is 9.15. The molecule has 16 heavy (non-hydrogen) atoms. The molecule has 0 radical (unpaired) electrons. The Balaban J connectivity index is 1.92. The van der Waals surface area contributed by atoms with Gasteiger partial charge in [-0.15, -0.1) is 0 Å². The van der Waals surface area contributed by atoms with Crippen molar-refractivity contribution in [2.24, 2.45) is 5.73 Å². The Morgan fingerprint density at radius 2 is 2.06 bits per heavy atom. The van der Waals surface area contributed by atoms with Crippen LogP contribution in [0.2, 0.25) is 0 Å². The van der Waals surface area contributed by atoms with Gasteiger partial charge in [0.1, 0.15) is 0 Å². The van der Waals surface area contributed by atoms with Gasteiger partial charge in [-0.25, -0.2) is 4.79 Å². The van der Waals surface area contributed by atoms with Gasteiger partial charge in [-0.2, -0.15) is 0 Å². The van der Waals surface area contributed by atoms with Gasteiger partial charge >= 0.3 is 6.09 Å². The van der Waals surface area contributed by atoms with E-state index in [0.29, 0.717) is 13.0 Å². The summed E-state index contributed by atoms with van der Waals surface area (Å²) in [5.41, 5.74) is 4.92. The molecule has 2 fully saturated rings. The molecule has 0 spiro atoms. The van der Waals surface area contributed by atoms with Crippen molar-refractivity contribution < 1.29 is 14.3 Å². The summed E-state index contributed by atoms with van der Waals surface area (Å²) in [5, 5.41) is 3.25. The lowest BCUT2D eigenvalue weighted by Crippen LogP contribution is -2.45. The van der Waals surface area contributed by atoms with Crippen LogP contribution < -0.4 is 11.1 Å². The quantitative estimate of drug-likeness (QED) is 0.662. The van der Waals surface area contributed by atoms with E-state index < -0.39 is 12.2 Å². The van der Waals surface area contributed by atoms with Gasteiger partial charge in [0.2, 0.25) is 0 Å². The molecule has 2 saturated heterocycles. The van der Waals surface area contributed by atoms with E-state index in [-0.39, 0.29) is 11.9 Å². The number of nitrogens with one attached hydrogen (secondary N) is 1. The molecule has 0 aromatic carbocycles. The highest BCUT2D eigenvalue weighted by Crippen LogP contribution is 2.21. The number of primary amides is 1. The topological polar surface area (TPSA) is 84.7 Å². The lowest BCUT2D eigenvalue weighted by atomic mass is 10.1. The van der Waals surface area contributed by atoms with Crippen molar-refractivity contribution in [2.75, 3.05) is 19.6 Å². The summed E-state index contributed by atoms with van der Waals surface area (Å²) >= 11 is 0. The molecular weight excluding hydrogens is 210 g/mol. The van der Waals surface area contributed by atoms with Crippen LogP contribution in [0.3, 0.4) is 0 Å². The number of amides is 2. The lowest BCUT2D eigenvalue weighted by molar-refractivity contribution is -0.136. The first-order valence-electron chi connectivity index (χ1n) is 5.66. The minimum absolute atomic E-state index is 0.0919. The third-order valence-corrected chi connectivity index (χ3v) is 3.20. The highest BCUT2D eigenvalue weighted by molar-refractivity contribution is 5.85. The maximum absolute atomic E-state index is 11.9.